The Morgan fingerprint density at radius 2 is 2.04 bits per heavy atom. The van der Waals surface area contributed by atoms with Gasteiger partial charge in [-0.1, -0.05) is 13.8 Å². The van der Waals surface area contributed by atoms with E-state index in [9.17, 15) is 8.42 Å². The van der Waals surface area contributed by atoms with Gasteiger partial charge in [0.25, 0.3) is 0 Å². The Hall–Kier alpha value is -0.840. The number of hydrogen-bond donors (Lipinski definition) is 2. The van der Waals surface area contributed by atoms with Crippen LogP contribution in [0.5, 0.6) is 0 Å². The minimum absolute atomic E-state index is 0. The number of rotatable bonds is 9. The molecule has 1 aromatic rings. The molecule has 1 rings (SSSR count). The van der Waals surface area contributed by atoms with Crippen LogP contribution in [-0.2, 0) is 22.9 Å². The molecule has 1 aromatic heterocycles. The SMILES string of the molecule is CCNC(=NCc1nccn1CC(C)C)NC(C)CCS(C)(=O)=O.I. The molecule has 0 saturated carbocycles. The van der Waals surface area contributed by atoms with Gasteiger partial charge < -0.3 is 15.2 Å². The Morgan fingerprint density at radius 1 is 1.36 bits per heavy atom. The summed E-state index contributed by atoms with van der Waals surface area (Å²) in [5.41, 5.74) is 0. The van der Waals surface area contributed by atoms with Crippen LogP contribution in [0.4, 0.5) is 0 Å². The number of aliphatic imine (C=N–C) groups is 1. The maximum atomic E-state index is 11.3. The number of aromatic nitrogens is 2. The molecule has 0 fully saturated rings. The lowest BCUT2D eigenvalue weighted by molar-refractivity contribution is 0.507. The number of nitrogens with zero attached hydrogens (tertiary/aromatic N) is 3. The van der Waals surface area contributed by atoms with Crippen LogP contribution < -0.4 is 10.6 Å². The minimum Gasteiger partial charge on any atom is -0.357 e. The number of halogens is 1. The van der Waals surface area contributed by atoms with Gasteiger partial charge in [-0.05, 0) is 26.2 Å². The number of nitrogens with one attached hydrogen (secondary N) is 2. The van der Waals surface area contributed by atoms with Crippen LogP contribution in [0.3, 0.4) is 0 Å². The molecule has 0 bridgehead atoms. The minimum atomic E-state index is -2.95. The Balaban J connectivity index is 0.00000576. The fraction of sp³-hybridized carbons (Fsp3) is 0.750. The van der Waals surface area contributed by atoms with Crippen molar-refractivity contribution in [2.24, 2.45) is 10.9 Å². The summed E-state index contributed by atoms with van der Waals surface area (Å²) in [4.78, 5) is 8.94. The lowest BCUT2D eigenvalue weighted by Crippen LogP contribution is -2.42. The number of sulfone groups is 1. The Kier molecular flexibility index (Phi) is 11.3. The molecule has 146 valence electrons. The summed E-state index contributed by atoms with van der Waals surface area (Å²) in [6.45, 7) is 10.4. The summed E-state index contributed by atoms with van der Waals surface area (Å²) in [6.07, 6.45) is 5.57. The second kappa shape index (κ2) is 11.7. The molecule has 0 saturated heterocycles. The first-order valence-corrected chi connectivity index (χ1v) is 10.5. The van der Waals surface area contributed by atoms with Crippen LogP contribution in [0.2, 0.25) is 0 Å². The maximum Gasteiger partial charge on any atom is 0.191 e. The van der Waals surface area contributed by atoms with Gasteiger partial charge in [0.2, 0.25) is 0 Å². The average Bonchev–Trinajstić information content (AvgIpc) is 2.88. The van der Waals surface area contributed by atoms with Gasteiger partial charge in [0, 0.05) is 37.8 Å². The molecule has 9 heteroatoms. The van der Waals surface area contributed by atoms with Crippen molar-refractivity contribution in [3.8, 4) is 0 Å². The smallest absolute Gasteiger partial charge is 0.191 e. The quantitative estimate of drug-likeness (QED) is 0.318. The molecule has 0 aliphatic rings. The number of hydrogen-bond acceptors (Lipinski definition) is 4. The molecule has 1 unspecified atom stereocenters. The van der Waals surface area contributed by atoms with Gasteiger partial charge in [0.1, 0.15) is 22.2 Å². The summed E-state index contributed by atoms with van der Waals surface area (Å²) in [7, 11) is -2.95. The second-order valence-corrected chi connectivity index (χ2v) is 8.81. The monoisotopic (exact) mass is 485 g/mol. The van der Waals surface area contributed by atoms with Gasteiger partial charge in [-0.3, -0.25) is 0 Å². The highest BCUT2D eigenvalue weighted by molar-refractivity contribution is 14.0. The van der Waals surface area contributed by atoms with Crippen molar-refractivity contribution < 1.29 is 8.42 Å². The molecule has 7 nitrogen and oxygen atoms in total. The Bertz CT molecular complexity index is 628. The standard InChI is InChI=1S/C16H31N5O2S.HI/c1-6-17-16(20-14(4)7-10-24(5,22)23)19-11-15-18-8-9-21(15)12-13(2)3;/h8-9,13-14H,6-7,10-12H2,1-5H3,(H2,17,19,20);1H. The molecule has 0 aromatic carbocycles. The summed E-state index contributed by atoms with van der Waals surface area (Å²) in [6, 6.07) is 0.0212. The highest BCUT2D eigenvalue weighted by Gasteiger charge is 2.10. The van der Waals surface area contributed by atoms with Gasteiger partial charge in [-0.25, -0.2) is 18.4 Å². The second-order valence-electron chi connectivity index (χ2n) is 6.55. The first-order valence-electron chi connectivity index (χ1n) is 8.43. The molecule has 25 heavy (non-hydrogen) atoms. The van der Waals surface area contributed by atoms with Gasteiger partial charge in [-0.15, -0.1) is 24.0 Å². The number of guanidine groups is 1. The van der Waals surface area contributed by atoms with Crippen molar-refractivity contribution in [1.29, 1.82) is 0 Å². The lowest BCUT2D eigenvalue weighted by atomic mass is 10.2. The van der Waals surface area contributed by atoms with E-state index in [1.54, 1.807) is 6.20 Å². The summed E-state index contributed by atoms with van der Waals surface area (Å²) >= 11 is 0. The number of imidazole rings is 1. The fourth-order valence-corrected chi connectivity index (χ4v) is 3.00. The largest absolute Gasteiger partial charge is 0.357 e. The summed E-state index contributed by atoms with van der Waals surface area (Å²) in [5, 5.41) is 6.44. The van der Waals surface area contributed by atoms with E-state index < -0.39 is 9.84 Å². The first kappa shape index (κ1) is 24.2. The summed E-state index contributed by atoms with van der Waals surface area (Å²) < 4.78 is 24.7. The van der Waals surface area contributed by atoms with Crippen LogP contribution in [0.25, 0.3) is 0 Å². The zero-order chi connectivity index (χ0) is 18.2. The van der Waals surface area contributed by atoms with Crippen molar-refractivity contribution in [3.63, 3.8) is 0 Å². The lowest BCUT2D eigenvalue weighted by Gasteiger charge is -2.17. The van der Waals surface area contributed by atoms with E-state index in [1.807, 2.05) is 20.0 Å². The third-order valence-corrected chi connectivity index (χ3v) is 4.37. The predicted molar refractivity (Wildman–Crippen MR) is 114 cm³/mol. The highest BCUT2D eigenvalue weighted by atomic mass is 127. The fourth-order valence-electron chi connectivity index (χ4n) is 2.22. The van der Waals surface area contributed by atoms with Crippen LogP contribution in [0, 0.1) is 5.92 Å². The van der Waals surface area contributed by atoms with Crippen molar-refractivity contribution in [1.82, 2.24) is 20.2 Å². The molecule has 0 aliphatic carbocycles. The molecule has 0 spiro atoms. The van der Waals surface area contributed by atoms with Crippen LogP contribution in [0.15, 0.2) is 17.4 Å². The van der Waals surface area contributed by atoms with Gasteiger partial charge in [-0.2, -0.15) is 0 Å². The third kappa shape index (κ3) is 10.7. The Labute approximate surface area is 169 Å². The van der Waals surface area contributed by atoms with Crippen molar-refractivity contribution in [3.05, 3.63) is 18.2 Å². The van der Waals surface area contributed by atoms with Gasteiger partial charge in [0.15, 0.2) is 5.96 Å². The maximum absolute atomic E-state index is 11.3. The highest BCUT2D eigenvalue weighted by Crippen LogP contribution is 2.05. The van der Waals surface area contributed by atoms with E-state index in [2.05, 4.69) is 39.0 Å². The average molecular weight is 485 g/mol. The molecule has 0 radical (unpaired) electrons. The zero-order valence-electron chi connectivity index (χ0n) is 15.8. The van der Waals surface area contributed by atoms with E-state index in [4.69, 9.17) is 0 Å². The van der Waals surface area contributed by atoms with Crippen molar-refractivity contribution in [2.45, 2.75) is 53.2 Å². The molecular formula is C16H32IN5O2S. The van der Waals surface area contributed by atoms with Crippen LogP contribution >= 0.6 is 24.0 Å². The normalized spacial score (nSPS) is 13.4. The van der Waals surface area contributed by atoms with E-state index in [-0.39, 0.29) is 35.8 Å². The van der Waals surface area contributed by atoms with Crippen LogP contribution in [-0.4, -0.2) is 48.5 Å². The van der Waals surface area contributed by atoms with Gasteiger partial charge >= 0.3 is 0 Å². The van der Waals surface area contributed by atoms with Gasteiger partial charge in [0.05, 0.1) is 5.75 Å². The molecular weight excluding hydrogens is 453 g/mol. The molecule has 0 amide bonds. The third-order valence-electron chi connectivity index (χ3n) is 3.39. The van der Waals surface area contributed by atoms with Crippen molar-refractivity contribution >= 4 is 39.8 Å². The predicted octanol–water partition coefficient (Wildman–Crippen LogP) is 2.04. The zero-order valence-corrected chi connectivity index (χ0v) is 19.0. The molecule has 1 atom stereocenters. The van der Waals surface area contributed by atoms with E-state index in [0.29, 0.717) is 24.8 Å². The molecule has 2 N–H and O–H groups in total. The van der Waals surface area contributed by atoms with E-state index >= 15 is 0 Å². The molecule has 0 aliphatic heterocycles. The van der Waals surface area contributed by atoms with E-state index in [0.717, 1.165) is 18.9 Å². The first-order chi connectivity index (χ1) is 11.2. The topological polar surface area (TPSA) is 88.4 Å². The van der Waals surface area contributed by atoms with Crippen LogP contribution in [0.1, 0.15) is 39.9 Å². The summed E-state index contributed by atoms with van der Waals surface area (Å²) in [5.74, 6) is 2.31. The van der Waals surface area contributed by atoms with E-state index in [1.165, 1.54) is 6.26 Å². The van der Waals surface area contributed by atoms with Crippen molar-refractivity contribution in [2.75, 3.05) is 18.6 Å². The Morgan fingerprint density at radius 3 is 2.60 bits per heavy atom. The molecule has 1 heterocycles.